The van der Waals surface area contributed by atoms with Crippen LogP contribution in [0, 0.1) is 0 Å². The van der Waals surface area contributed by atoms with E-state index >= 15 is 0 Å². The Hall–Kier alpha value is -0.670. The highest BCUT2D eigenvalue weighted by atomic mass is 32.2. The summed E-state index contributed by atoms with van der Waals surface area (Å²) in [5.74, 6) is 0.914. The second kappa shape index (κ2) is 6.75. The van der Waals surface area contributed by atoms with Crippen LogP contribution in [0.25, 0.3) is 0 Å². The molecule has 0 heterocycles. The number of thioether (sulfide) groups is 1. The number of ether oxygens (including phenoxy) is 1. The lowest BCUT2D eigenvalue weighted by Gasteiger charge is -2.16. The average molecular weight is 225 g/mol. The van der Waals surface area contributed by atoms with Crippen molar-refractivity contribution in [2.45, 2.75) is 30.8 Å². The van der Waals surface area contributed by atoms with Gasteiger partial charge in [0.15, 0.2) is 0 Å². The van der Waals surface area contributed by atoms with Crippen LogP contribution in [0.3, 0.4) is 0 Å². The Morgan fingerprint density at radius 1 is 1.33 bits per heavy atom. The molecule has 1 aromatic carbocycles. The molecule has 0 fully saturated rings. The van der Waals surface area contributed by atoms with Crippen LogP contribution in [0.2, 0.25) is 0 Å². The first-order chi connectivity index (χ1) is 7.30. The number of nitrogens with two attached hydrogens (primary N) is 1. The Morgan fingerprint density at radius 3 is 2.47 bits per heavy atom. The third kappa shape index (κ3) is 4.14. The molecule has 1 aromatic rings. The predicted octanol–water partition coefficient (Wildman–Crippen LogP) is 2.91. The van der Waals surface area contributed by atoms with Gasteiger partial charge in [-0.2, -0.15) is 0 Å². The smallest absolute Gasteiger partial charge is 0.119 e. The fourth-order valence-corrected chi connectivity index (χ4v) is 1.80. The Bertz CT molecular complexity index is 273. The summed E-state index contributed by atoms with van der Waals surface area (Å²) in [6, 6.07) is 8.15. The van der Waals surface area contributed by atoms with Crippen molar-refractivity contribution in [1.82, 2.24) is 0 Å². The van der Waals surface area contributed by atoms with Gasteiger partial charge in [0, 0.05) is 11.4 Å². The van der Waals surface area contributed by atoms with Gasteiger partial charge in [0.2, 0.25) is 0 Å². The highest BCUT2D eigenvalue weighted by molar-refractivity contribution is 7.98. The summed E-state index contributed by atoms with van der Waals surface area (Å²) in [7, 11) is 0. The Balaban J connectivity index is 2.55. The molecule has 3 heteroatoms. The van der Waals surface area contributed by atoms with Crippen molar-refractivity contribution in [2.75, 3.05) is 12.8 Å². The van der Waals surface area contributed by atoms with E-state index in [1.165, 1.54) is 4.90 Å². The van der Waals surface area contributed by atoms with Crippen molar-refractivity contribution < 1.29 is 4.74 Å². The molecule has 0 amide bonds. The zero-order chi connectivity index (χ0) is 11.1. The Labute approximate surface area is 96.2 Å². The molecule has 2 N–H and O–H groups in total. The maximum absolute atomic E-state index is 5.77. The van der Waals surface area contributed by atoms with Gasteiger partial charge in [0.05, 0.1) is 0 Å². The van der Waals surface area contributed by atoms with Crippen molar-refractivity contribution in [1.29, 1.82) is 0 Å². The molecule has 84 valence electrons. The van der Waals surface area contributed by atoms with E-state index in [-0.39, 0.29) is 6.10 Å². The summed E-state index contributed by atoms with van der Waals surface area (Å²) < 4.78 is 5.77. The van der Waals surface area contributed by atoms with E-state index in [1.54, 1.807) is 11.8 Å². The number of rotatable bonds is 6. The van der Waals surface area contributed by atoms with Crippen molar-refractivity contribution in [3.8, 4) is 5.75 Å². The van der Waals surface area contributed by atoms with E-state index in [0.717, 1.165) is 18.6 Å². The second-order valence-electron chi connectivity index (χ2n) is 3.44. The van der Waals surface area contributed by atoms with E-state index < -0.39 is 0 Å². The van der Waals surface area contributed by atoms with Crippen molar-refractivity contribution in [2.24, 2.45) is 5.73 Å². The van der Waals surface area contributed by atoms with Gasteiger partial charge in [-0.1, -0.05) is 13.3 Å². The van der Waals surface area contributed by atoms with Crippen LogP contribution in [-0.2, 0) is 0 Å². The maximum atomic E-state index is 5.77. The number of benzene rings is 1. The first-order valence-electron chi connectivity index (χ1n) is 5.31. The standard InChI is InChI=1S/C12H19NOS/c1-3-4-11(9-13)14-10-5-7-12(15-2)8-6-10/h5-8,11H,3-4,9,13H2,1-2H3. The van der Waals surface area contributed by atoms with Crippen molar-refractivity contribution >= 4 is 11.8 Å². The van der Waals surface area contributed by atoms with Crippen molar-refractivity contribution in [3.63, 3.8) is 0 Å². The summed E-state index contributed by atoms with van der Waals surface area (Å²) in [5, 5.41) is 0. The fraction of sp³-hybridized carbons (Fsp3) is 0.500. The van der Waals surface area contributed by atoms with Gasteiger partial charge >= 0.3 is 0 Å². The molecule has 0 saturated carbocycles. The van der Waals surface area contributed by atoms with Gasteiger partial charge in [0.25, 0.3) is 0 Å². The lowest BCUT2D eigenvalue weighted by molar-refractivity contribution is 0.198. The minimum atomic E-state index is 0.148. The van der Waals surface area contributed by atoms with Gasteiger partial charge in [-0.05, 0) is 36.9 Å². The third-order valence-corrected chi connectivity index (χ3v) is 2.98. The zero-order valence-electron chi connectivity index (χ0n) is 9.40. The van der Waals surface area contributed by atoms with Crippen molar-refractivity contribution in [3.05, 3.63) is 24.3 Å². The molecule has 0 aromatic heterocycles. The SMILES string of the molecule is CCCC(CN)Oc1ccc(SC)cc1. The van der Waals surface area contributed by atoms with Gasteiger partial charge in [-0.3, -0.25) is 0 Å². The van der Waals surface area contributed by atoms with Crippen LogP contribution in [0.1, 0.15) is 19.8 Å². The molecule has 0 aliphatic rings. The van der Waals surface area contributed by atoms with E-state index in [2.05, 4.69) is 25.3 Å². The Kier molecular flexibility index (Phi) is 5.58. The summed E-state index contributed by atoms with van der Waals surface area (Å²) in [5.41, 5.74) is 5.63. The summed E-state index contributed by atoms with van der Waals surface area (Å²) in [6.45, 7) is 2.72. The minimum Gasteiger partial charge on any atom is -0.489 e. The number of hydrogen-bond acceptors (Lipinski definition) is 3. The molecule has 1 rings (SSSR count). The van der Waals surface area contributed by atoms with E-state index in [9.17, 15) is 0 Å². The van der Waals surface area contributed by atoms with Crippen LogP contribution < -0.4 is 10.5 Å². The highest BCUT2D eigenvalue weighted by Gasteiger charge is 2.06. The van der Waals surface area contributed by atoms with Crippen LogP contribution in [0.4, 0.5) is 0 Å². The molecular formula is C12H19NOS. The second-order valence-corrected chi connectivity index (χ2v) is 4.32. The Morgan fingerprint density at radius 2 is 2.00 bits per heavy atom. The van der Waals surface area contributed by atoms with Crippen LogP contribution in [0.15, 0.2) is 29.2 Å². The molecule has 0 aliphatic heterocycles. The van der Waals surface area contributed by atoms with Crippen LogP contribution in [0.5, 0.6) is 5.75 Å². The van der Waals surface area contributed by atoms with Gasteiger partial charge in [0.1, 0.15) is 11.9 Å². The first-order valence-corrected chi connectivity index (χ1v) is 6.53. The zero-order valence-corrected chi connectivity index (χ0v) is 10.2. The monoisotopic (exact) mass is 225 g/mol. The number of hydrogen-bond donors (Lipinski definition) is 1. The topological polar surface area (TPSA) is 35.2 Å². The fourth-order valence-electron chi connectivity index (χ4n) is 1.39. The van der Waals surface area contributed by atoms with E-state index in [1.807, 2.05) is 12.1 Å². The molecule has 15 heavy (non-hydrogen) atoms. The molecular weight excluding hydrogens is 206 g/mol. The third-order valence-electron chi connectivity index (χ3n) is 2.24. The van der Waals surface area contributed by atoms with E-state index in [4.69, 9.17) is 10.5 Å². The summed E-state index contributed by atoms with van der Waals surface area (Å²) in [6.07, 6.45) is 4.33. The van der Waals surface area contributed by atoms with Gasteiger partial charge in [-0.15, -0.1) is 11.8 Å². The van der Waals surface area contributed by atoms with Crippen LogP contribution in [-0.4, -0.2) is 18.9 Å². The normalized spacial score (nSPS) is 12.5. The molecule has 0 radical (unpaired) electrons. The van der Waals surface area contributed by atoms with E-state index in [0.29, 0.717) is 6.54 Å². The van der Waals surface area contributed by atoms with Crippen LogP contribution >= 0.6 is 11.8 Å². The molecule has 2 nitrogen and oxygen atoms in total. The molecule has 0 aliphatic carbocycles. The predicted molar refractivity (Wildman–Crippen MR) is 66.6 cm³/mol. The van der Waals surface area contributed by atoms with Gasteiger partial charge in [-0.25, -0.2) is 0 Å². The molecule has 0 saturated heterocycles. The summed E-state index contributed by atoms with van der Waals surface area (Å²) >= 11 is 1.73. The molecule has 1 atom stereocenters. The highest BCUT2D eigenvalue weighted by Crippen LogP contribution is 2.20. The molecule has 1 unspecified atom stereocenters. The quantitative estimate of drug-likeness (QED) is 0.756. The minimum absolute atomic E-state index is 0.148. The van der Waals surface area contributed by atoms with Gasteiger partial charge < -0.3 is 10.5 Å². The largest absolute Gasteiger partial charge is 0.489 e. The lowest BCUT2D eigenvalue weighted by atomic mass is 10.2. The first kappa shape index (κ1) is 12.4. The maximum Gasteiger partial charge on any atom is 0.119 e. The average Bonchev–Trinajstić information content (AvgIpc) is 2.29. The summed E-state index contributed by atoms with van der Waals surface area (Å²) in [4.78, 5) is 1.25. The molecule has 0 bridgehead atoms. The molecule has 0 spiro atoms. The lowest BCUT2D eigenvalue weighted by Crippen LogP contribution is -2.26.